The number of piperidine rings is 1. The van der Waals surface area contributed by atoms with E-state index < -0.39 is 0 Å². The molecule has 2 aliphatic rings. The van der Waals surface area contributed by atoms with Gasteiger partial charge in [0, 0.05) is 6.04 Å². The van der Waals surface area contributed by atoms with E-state index in [4.69, 9.17) is 15.2 Å². The molecule has 0 aromatic heterocycles. The molecule has 1 aromatic rings. The Labute approximate surface area is 133 Å². The van der Waals surface area contributed by atoms with Gasteiger partial charge in [-0.15, -0.1) is 0 Å². The lowest BCUT2D eigenvalue weighted by molar-refractivity contribution is 0.137. The Morgan fingerprint density at radius 3 is 2.45 bits per heavy atom. The number of fused-ring (bicyclic) bond motifs is 1. The lowest BCUT2D eigenvalue weighted by Crippen LogP contribution is -2.40. The normalized spacial score (nSPS) is 21.1. The van der Waals surface area contributed by atoms with Crippen LogP contribution in [0.1, 0.15) is 38.2 Å². The fraction of sp³-hybridized carbons (Fsp3) is 0.667. The van der Waals surface area contributed by atoms with Gasteiger partial charge in [-0.25, -0.2) is 0 Å². The summed E-state index contributed by atoms with van der Waals surface area (Å²) in [5, 5.41) is 0. The van der Waals surface area contributed by atoms with Crippen molar-refractivity contribution in [3.8, 4) is 11.5 Å². The Morgan fingerprint density at radius 1 is 1.14 bits per heavy atom. The first-order chi connectivity index (χ1) is 10.7. The van der Waals surface area contributed by atoms with E-state index in [0.29, 0.717) is 37.6 Å². The molecule has 0 saturated carbocycles. The van der Waals surface area contributed by atoms with Crippen LogP contribution in [0.25, 0.3) is 0 Å². The van der Waals surface area contributed by atoms with Crippen molar-refractivity contribution < 1.29 is 9.47 Å². The summed E-state index contributed by atoms with van der Waals surface area (Å²) in [6, 6.07) is 6.99. The molecule has 4 nitrogen and oxygen atoms in total. The van der Waals surface area contributed by atoms with Crippen molar-refractivity contribution in [1.82, 2.24) is 4.90 Å². The Hall–Kier alpha value is -1.26. The summed E-state index contributed by atoms with van der Waals surface area (Å²) < 4.78 is 11.3. The van der Waals surface area contributed by atoms with E-state index in [1.54, 1.807) is 0 Å². The molecule has 1 aromatic carbocycles. The van der Waals surface area contributed by atoms with Crippen LogP contribution in [-0.2, 0) is 0 Å². The van der Waals surface area contributed by atoms with Crippen molar-refractivity contribution in [3.63, 3.8) is 0 Å². The van der Waals surface area contributed by atoms with E-state index in [9.17, 15) is 0 Å². The Balaban J connectivity index is 1.72. The molecule has 0 aliphatic carbocycles. The number of hydrogen-bond donors (Lipinski definition) is 1. The Kier molecular flexibility index (Phi) is 4.89. The zero-order valence-corrected chi connectivity index (χ0v) is 13.8. The highest BCUT2D eigenvalue weighted by molar-refractivity contribution is 5.45. The molecule has 0 spiro atoms. The molecule has 1 fully saturated rings. The van der Waals surface area contributed by atoms with Crippen LogP contribution in [0.4, 0.5) is 0 Å². The minimum atomic E-state index is 0.421. The second kappa shape index (κ2) is 6.88. The second-order valence-electron chi connectivity index (χ2n) is 6.71. The van der Waals surface area contributed by atoms with Gasteiger partial charge < -0.3 is 20.1 Å². The molecule has 3 rings (SSSR count). The summed E-state index contributed by atoms with van der Waals surface area (Å²) >= 11 is 0. The quantitative estimate of drug-likeness (QED) is 0.929. The number of hydrogen-bond acceptors (Lipinski definition) is 4. The van der Waals surface area contributed by atoms with Gasteiger partial charge in [0.2, 0.25) is 0 Å². The van der Waals surface area contributed by atoms with Crippen molar-refractivity contribution in [2.75, 3.05) is 32.8 Å². The average molecular weight is 304 g/mol. The van der Waals surface area contributed by atoms with Gasteiger partial charge in [0.15, 0.2) is 11.5 Å². The van der Waals surface area contributed by atoms with E-state index in [1.165, 1.54) is 31.5 Å². The molecule has 1 saturated heterocycles. The second-order valence-corrected chi connectivity index (χ2v) is 6.71. The Bertz CT molecular complexity index is 496. The van der Waals surface area contributed by atoms with Crippen LogP contribution in [0.5, 0.6) is 11.5 Å². The summed E-state index contributed by atoms with van der Waals surface area (Å²) in [5.41, 5.74) is 7.42. The maximum Gasteiger partial charge on any atom is 0.161 e. The van der Waals surface area contributed by atoms with E-state index in [1.807, 2.05) is 6.07 Å². The van der Waals surface area contributed by atoms with Crippen molar-refractivity contribution >= 4 is 0 Å². The largest absolute Gasteiger partial charge is 0.486 e. The molecular weight excluding hydrogens is 276 g/mol. The molecule has 0 radical (unpaired) electrons. The van der Waals surface area contributed by atoms with E-state index >= 15 is 0 Å². The standard InChI is InChI=1S/C18H28N2O2/c1-13(2)20-7-5-14(6-8-20)16(12-19)15-3-4-17-18(11-15)22-10-9-21-17/h3-4,11,13-14,16H,5-10,12,19H2,1-2H3. The van der Waals surface area contributed by atoms with Crippen LogP contribution >= 0.6 is 0 Å². The monoisotopic (exact) mass is 304 g/mol. The van der Waals surface area contributed by atoms with Gasteiger partial charge in [0.05, 0.1) is 0 Å². The first-order valence-corrected chi connectivity index (χ1v) is 8.52. The lowest BCUT2D eigenvalue weighted by atomic mass is 9.79. The highest BCUT2D eigenvalue weighted by Crippen LogP contribution is 2.37. The predicted molar refractivity (Wildman–Crippen MR) is 88.7 cm³/mol. The van der Waals surface area contributed by atoms with Gasteiger partial charge >= 0.3 is 0 Å². The number of nitrogens with two attached hydrogens (primary N) is 1. The molecule has 2 heterocycles. The minimum absolute atomic E-state index is 0.421. The zero-order chi connectivity index (χ0) is 15.5. The number of likely N-dealkylation sites (tertiary alicyclic amines) is 1. The predicted octanol–water partition coefficient (Wildman–Crippen LogP) is 2.62. The number of benzene rings is 1. The van der Waals surface area contributed by atoms with Crippen molar-refractivity contribution in [2.24, 2.45) is 11.7 Å². The van der Waals surface area contributed by atoms with Crippen LogP contribution in [0.3, 0.4) is 0 Å². The third-order valence-electron chi connectivity index (χ3n) is 5.12. The highest BCUT2D eigenvalue weighted by Gasteiger charge is 2.28. The molecular formula is C18H28N2O2. The van der Waals surface area contributed by atoms with Gasteiger partial charge in [0.25, 0.3) is 0 Å². The molecule has 2 aliphatic heterocycles. The van der Waals surface area contributed by atoms with Crippen LogP contribution in [-0.4, -0.2) is 43.8 Å². The van der Waals surface area contributed by atoms with E-state index in [0.717, 1.165) is 11.5 Å². The highest BCUT2D eigenvalue weighted by atomic mass is 16.6. The number of nitrogens with zero attached hydrogens (tertiary/aromatic N) is 1. The van der Waals surface area contributed by atoms with Gasteiger partial charge in [-0.2, -0.15) is 0 Å². The van der Waals surface area contributed by atoms with Crippen LogP contribution in [0.15, 0.2) is 18.2 Å². The van der Waals surface area contributed by atoms with Crippen molar-refractivity contribution in [2.45, 2.75) is 38.6 Å². The molecule has 122 valence electrons. The number of rotatable bonds is 4. The van der Waals surface area contributed by atoms with Gasteiger partial charge in [-0.05, 0) is 75.9 Å². The summed E-state index contributed by atoms with van der Waals surface area (Å²) in [4.78, 5) is 2.56. The first-order valence-electron chi connectivity index (χ1n) is 8.52. The van der Waals surface area contributed by atoms with Crippen molar-refractivity contribution in [3.05, 3.63) is 23.8 Å². The van der Waals surface area contributed by atoms with Crippen LogP contribution < -0.4 is 15.2 Å². The van der Waals surface area contributed by atoms with E-state index in [2.05, 4.69) is 30.9 Å². The van der Waals surface area contributed by atoms with Crippen LogP contribution in [0, 0.1) is 5.92 Å². The topological polar surface area (TPSA) is 47.7 Å². The summed E-state index contributed by atoms with van der Waals surface area (Å²) in [6.45, 7) is 8.90. The average Bonchev–Trinajstić information content (AvgIpc) is 2.56. The van der Waals surface area contributed by atoms with Gasteiger partial charge in [0.1, 0.15) is 13.2 Å². The first kappa shape index (κ1) is 15.6. The SMILES string of the molecule is CC(C)N1CCC(C(CN)c2ccc3c(c2)OCCO3)CC1. The Morgan fingerprint density at radius 2 is 1.82 bits per heavy atom. The maximum absolute atomic E-state index is 6.12. The molecule has 0 amide bonds. The smallest absolute Gasteiger partial charge is 0.161 e. The molecule has 1 unspecified atom stereocenters. The molecule has 0 bridgehead atoms. The lowest BCUT2D eigenvalue weighted by Gasteiger charge is -2.38. The van der Waals surface area contributed by atoms with Gasteiger partial charge in [-0.1, -0.05) is 6.07 Å². The number of ether oxygens (including phenoxy) is 2. The fourth-order valence-corrected chi connectivity index (χ4v) is 3.73. The van der Waals surface area contributed by atoms with E-state index in [-0.39, 0.29) is 0 Å². The molecule has 22 heavy (non-hydrogen) atoms. The van der Waals surface area contributed by atoms with Gasteiger partial charge in [-0.3, -0.25) is 0 Å². The van der Waals surface area contributed by atoms with Crippen molar-refractivity contribution in [1.29, 1.82) is 0 Å². The summed E-state index contributed by atoms with van der Waals surface area (Å²) in [5.74, 6) is 2.83. The summed E-state index contributed by atoms with van der Waals surface area (Å²) in [6.07, 6.45) is 2.46. The van der Waals surface area contributed by atoms with Crippen LogP contribution in [0.2, 0.25) is 0 Å². The molecule has 2 N–H and O–H groups in total. The maximum atomic E-state index is 6.12. The zero-order valence-electron chi connectivity index (χ0n) is 13.8. The third-order valence-corrected chi connectivity index (χ3v) is 5.12. The fourth-order valence-electron chi connectivity index (χ4n) is 3.73. The molecule has 4 heteroatoms. The third kappa shape index (κ3) is 3.23. The minimum Gasteiger partial charge on any atom is -0.486 e. The molecule has 1 atom stereocenters. The summed E-state index contributed by atoms with van der Waals surface area (Å²) in [7, 11) is 0.